The summed E-state index contributed by atoms with van der Waals surface area (Å²) in [6.45, 7) is 3.81. The molecule has 0 spiro atoms. The first-order valence-corrected chi connectivity index (χ1v) is 29.9. The molecule has 0 aromatic carbocycles. The van der Waals surface area contributed by atoms with Crippen molar-refractivity contribution in [1.29, 1.82) is 0 Å². The Morgan fingerprint density at radius 1 is 0.485 bits per heavy atom. The van der Waals surface area contributed by atoms with Gasteiger partial charge in [0, 0.05) is 6.42 Å². The molecule has 7 unspecified atom stereocenters. The molecule has 0 saturated carbocycles. The van der Waals surface area contributed by atoms with Gasteiger partial charge in [-0.3, -0.25) is 4.79 Å². The van der Waals surface area contributed by atoms with Crippen LogP contribution in [-0.4, -0.2) is 87.5 Å². The Hall–Kier alpha value is -1.07. The molecule has 7 atom stereocenters. The van der Waals surface area contributed by atoms with E-state index >= 15 is 0 Å². The Bertz CT molecular complexity index is 1080. The van der Waals surface area contributed by atoms with Crippen LogP contribution in [0.5, 0.6) is 0 Å². The van der Waals surface area contributed by atoms with Crippen LogP contribution in [-0.2, 0) is 14.3 Å². The summed E-state index contributed by atoms with van der Waals surface area (Å²) in [5.74, 6) is -0.171. The lowest BCUT2D eigenvalue weighted by Crippen LogP contribution is -2.60. The van der Waals surface area contributed by atoms with E-state index in [9.17, 15) is 30.3 Å². The van der Waals surface area contributed by atoms with Crippen LogP contribution < -0.4 is 5.32 Å². The molecule has 1 heterocycles. The molecule has 0 bridgehead atoms. The SMILES string of the molecule is CCCCCCCCCCCCC/C=C/C(O)C(COC1OC(CO)C(O)C(O)C1O)NC(=O)CCCCCCCCCCCCCCCCCCCCCCCCCCCCCCCCCC. The fourth-order valence-corrected chi connectivity index (χ4v) is 9.87. The van der Waals surface area contributed by atoms with E-state index in [2.05, 4.69) is 19.2 Å². The van der Waals surface area contributed by atoms with E-state index in [0.29, 0.717) is 6.42 Å². The minimum atomic E-state index is -1.56. The summed E-state index contributed by atoms with van der Waals surface area (Å²) in [4.78, 5) is 13.0. The predicted octanol–water partition coefficient (Wildman–Crippen LogP) is 14.8. The predicted molar refractivity (Wildman–Crippen MR) is 286 cm³/mol. The van der Waals surface area contributed by atoms with Crippen molar-refractivity contribution >= 4 is 5.91 Å². The highest BCUT2D eigenvalue weighted by Crippen LogP contribution is 2.23. The second-order valence-corrected chi connectivity index (χ2v) is 21.2. The zero-order chi connectivity index (χ0) is 49.4. The molecule has 404 valence electrons. The summed E-state index contributed by atoms with van der Waals surface area (Å²) in [5.41, 5.74) is 0. The van der Waals surface area contributed by atoms with Gasteiger partial charge in [-0.05, 0) is 19.3 Å². The first-order valence-electron chi connectivity index (χ1n) is 29.9. The van der Waals surface area contributed by atoms with Gasteiger partial charge in [-0.25, -0.2) is 0 Å². The maximum absolute atomic E-state index is 13.0. The molecule has 0 aromatic heterocycles. The van der Waals surface area contributed by atoms with Crippen LogP contribution in [0.25, 0.3) is 0 Å². The maximum atomic E-state index is 13.0. The van der Waals surface area contributed by atoms with Gasteiger partial charge in [0.25, 0.3) is 0 Å². The van der Waals surface area contributed by atoms with E-state index in [1.165, 1.54) is 244 Å². The summed E-state index contributed by atoms with van der Waals surface area (Å²) in [6, 6.07) is -0.799. The van der Waals surface area contributed by atoms with Crippen molar-refractivity contribution in [3.63, 3.8) is 0 Å². The molecule has 0 aliphatic carbocycles. The van der Waals surface area contributed by atoms with E-state index in [1.54, 1.807) is 6.08 Å². The second-order valence-electron chi connectivity index (χ2n) is 21.2. The number of unbranched alkanes of at least 4 members (excludes halogenated alkanes) is 42. The third-order valence-electron chi connectivity index (χ3n) is 14.6. The summed E-state index contributed by atoms with van der Waals surface area (Å²) in [5, 5.41) is 54.4. The van der Waals surface area contributed by atoms with Gasteiger partial charge in [0.15, 0.2) is 6.29 Å². The van der Waals surface area contributed by atoms with Gasteiger partial charge in [0.1, 0.15) is 24.4 Å². The lowest BCUT2D eigenvalue weighted by molar-refractivity contribution is -0.302. The van der Waals surface area contributed by atoms with E-state index in [1.807, 2.05) is 6.08 Å². The summed E-state index contributed by atoms with van der Waals surface area (Å²) < 4.78 is 11.3. The zero-order valence-corrected chi connectivity index (χ0v) is 44.9. The lowest BCUT2D eigenvalue weighted by Gasteiger charge is -2.40. The third kappa shape index (κ3) is 38.6. The van der Waals surface area contributed by atoms with E-state index < -0.39 is 49.5 Å². The molecule has 68 heavy (non-hydrogen) atoms. The molecular weight excluding hydrogens is 851 g/mol. The van der Waals surface area contributed by atoms with Gasteiger partial charge in [0.05, 0.1) is 25.4 Å². The number of carbonyl (C=O) groups excluding carboxylic acids is 1. The first-order chi connectivity index (χ1) is 33.3. The van der Waals surface area contributed by atoms with Gasteiger partial charge >= 0.3 is 0 Å². The number of allylic oxidation sites excluding steroid dienone is 1. The summed E-state index contributed by atoms with van der Waals surface area (Å²) >= 11 is 0. The highest BCUT2D eigenvalue weighted by Gasteiger charge is 2.44. The average molecular weight is 967 g/mol. The molecule has 6 N–H and O–H groups in total. The van der Waals surface area contributed by atoms with Gasteiger partial charge in [0.2, 0.25) is 5.91 Å². The summed E-state index contributed by atoms with van der Waals surface area (Å²) in [7, 11) is 0. The molecule has 1 aliphatic rings. The molecule has 9 nitrogen and oxygen atoms in total. The van der Waals surface area contributed by atoms with Crippen LogP contribution in [0.4, 0.5) is 0 Å². The fourth-order valence-electron chi connectivity index (χ4n) is 9.87. The number of aliphatic hydroxyl groups excluding tert-OH is 5. The molecule has 0 radical (unpaired) electrons. The summed E-state index contributed by atoms with van der Waals surface area (Å²) in [6.07, 6.45) is 54.5. The van der Waals surface area contributed by atoms with Crippen LogP contribution in [0, 0.1) is 0 Å². The first kappa shape index (κ1) is 64.9. The molecule has 1 saturated heterocycles. The number of rotatable bonds is 52. The van der Waals surface area contributed by atoms with Crippen molar-refractivity contribution in [2.24, 2.45) is 0 Å². The minimum absolute atomic E-state index is 0.171. The third-order valence-corrected chi connectivity index (χ3v) is 14.6. The van der Waals surface area contributed by atoms with Crippen molar-refractivity contribution in [1.82, 2.24) is 5.32 Å². The molecule has 1 amide bonds. The lowest BCUT2D eigenvalue weighted by atomic mass is 9.99. The molecular formula is C59H115NO8. The van der Waals surface area contributed by atoms with Gasteiger partial charge in [-0.15, -0.1) is 0 Å². The Morgan fingerprint density at radius 3 is 1.15 bits per heavy atom. The number of amides is 1. The van der Waals surface area contributed by atoms with Crippen LogP contribution in [0.2, 0.25) is 0 Å². The van der Waals surface area contributed by atoms with E-state index in [-0.39, 0.29) is 12.5 Å². The van der Waals surface area contributed by atoms with Crippen molar-refractivity contribution in [2.45, 2.75) is 346 Å². The van der Waals surface area contributed by atoms with Crippen LogP contribution in [0.1, 0.15) is 303 Å². The van der Waals surface area contributed by atoms with Gasteiger partial charge in [-0.1, -0.05) is 289 Å². The van der Waals surface area contributed by atoms with Crippen LogP contribution >= 0.6 is 0 Å². The highest BCUT2D eigenvalue weighted by atomic mass is 16.7. The van der Waals surface area contributed by atoms with Crippen molar-refractivity contribution < 1.29 is 39.8 Å². The Balaban J connectivity index is 2.09. The topological polar surface area (TPSA) is 149 Å². The number of aliphatic hydroxyl groups is 5. The second kappa shape index (κ2) is 49.5. The Morgan fingerprint density at radius 2 is 0.809 bits per heavy atom. The number of nitrogens with one attached hydrogen (secondary N) is 1. The number of hydrogen-bond donors (Lipinski definition) is 6. The quantitative estimate of drug-likeness (QED) is 0.0261. The number of carbonyl (C=O) groups is 1. The van der Waals surface area contributed by atoms with Crippen molar-refractivity contribution in [3.8, 4) is 0 Å². The van der Waals surface area contributed by atoms with Crippen molar-refractivity contribution in [3.05, 3.63) is 12.2 Å². The monoisotopic (exact) mass is 966 g/mol. The Kier molecular flexibility index (Phi) is 47.3. The Labute approximate surface area is 420 Å². The fraction of sp³-hybridized carbons (Fsp3) is 0.949. The molecule has 1 aliphatic heterocycles. The smallest absolute Gasteiger partial charge is 0.220 e. The van der Waals surface area contributed by atoms with Gasteiger partial charge < -0.3 is 40.3 Å². The standard InChI is InChI=1S/C59H115NO8/c1-3-5-7-9-11-13-15-17-18-19-20-21-22-23-24-25-26-27-28-29-30-31-32-33-34-35-37-39-41-43-45-47-49-55(63)60-52(51-67-59-58(66)57(65)56(64)54(50-61)68-59)53(62)48-46-44-42-40-38-36-16-14-12-10-8-6-4-2/h46,48,52-54,56-59,61-62,64-66H,3-45,47,49-51H2,1-2H3,(H,60,63)/b48-46+. The largest absolute Gasteiger partial charge is 0.394 e. The van der Waals surface area contributed by atoms with E-state index in [0.717, 1.165) is 38.5 Å². The normalized spacial score (nSPS) is 19.5. The minimum Gasteiger partial charge on any atom is -0.394 e. The number of hydrogen-bond acceptors (Lipinski definition) is 8. The highest BCUT2D eigenvalue weighted by molar-refractivity contribution is 5.76. The van der Waals surface area contributed by atoms with Gasteiger partial charge in [-0.2, -0.15) is 0 Å². The van der Waals surface area contributed by atoms with Crippen LogP contribution in [0.15, 0.2) is 12.2 Å². The van der Waals surface area contributed by atoms with Crippen LogP contribution in [0.3, 0.4) is 0 Å². The van der Waals surface area contributed by atoms with E-state index in [4.69, 9.17) is 9.47 Å². The maximum Gasteiger partial charge on any atom is 0.220 e. The zero-order valence-electron chi connectivity index (χ0n) is 44.9. The molecule has 1 fully saturated rings. The van der Waals surface area contributed by atoms with Crippen molar-refractivity contribution in [2.75, 3.05) is 13.2 Å². The molecule has 1 rings (SSSR count). The average Bonchev–Trinajstić information content (AvgIpc) is 3.34. The molecule has 9 heteroatoms. The number of ether oxygens (including phenoxy) is 2. The molecule has 0 aromatic rings.